The van der Waals surface area contributed by atoms with Gasteiger partial charge in [0.05, 0.1) is 7.11 Å². The Hall–Kier alpha value is -1.79. The van der Waals surface area contributed by atoms with Crippen molar-refractivity contribution < 1.29 is 14.0 Å². The third-order valence-corrected chi connectivity index (χ3v) is 3.26. The van der Waals surface area contributed by atoms with Gasteiger partial charge in [0.1, 0.15) is 16.5 Å². The number of benzene rings is 1. The largest absolute Gasteiger partial charge is 0.296 e. The highest BCUT2D eigenvalue weighted by atomic mass is 32.1. The number of amides is 1. The first-order valence-corrected chi connectivity index (χ1v) is 6.04. The number of halogens is 1. The lowest BCUT2D eigenvalue weighted by Crippen LogP contribution is -2.25. The van der Waals surface area contributed by atoms with Gasteiger partial charge in [-0.1, -0.05) is 12.1 Å². The van der Waals surface area contributed by atoms with Crippen LogP contribution in [-0.2, 0) is 4.84 Å². The number of carbonyl (C=O) groups is 1. The van der Waals surface area contributed by atoms with Gasteiger partial charge in [-0.3, -0.25) is 9.63 Å². The van der Waals surface area contributed by atoms with E-state index >= 15 is 0 Å². The minimum absolute atomic E-state index is 0.239. The van der Waals surface area contributed by atoms with Crippen molar-refractivity contribution in [3.05, 3.63) is 41.2 Å². The first-order chi connectivity index (χ1) is 8.63. The molecule has 1 amide bonds. The van der Waals surface area contributed by atoms with E-state index < -0.39 is 0 Å². The van der Waals surface area contributed by atoms with Gasteiger partial charge in [0.15, 0.2) is 0 Å². The fraction of sp³-hybridized carbons (Fsp3) is 0.167. The van der Waals surface area contributed by atoms with Crippen LogP contribution in [0.15, 0.2) is 29.6 Å². The average Bonchev–Trinajstić information content (AvgIpc) is 2.87. The van der Waals surface area contributed by atoms with Crippen LogP contribution < -0.4 is 0 Å². The molecule has 0 fully saturated rings. The van der Waals surface area contributed by atoms with Gasteiger partial charge in [-0.2, -0.15) is 0 Å². The fourth-order valence-electron chi connectivity index (χ4n) is 1.37. The standard InChI is InChI=1S/C12H11FN2O2S/c1-15(17-2)12(16)10-7-18-11(14-10)8-5-3-4-6-9(8)13/h3-7H,1-2H3. The van der Waals surface area contributed by atoms with E-state index in [2.05, 4.69) is 4.98 Å². The smallest absolute Gasteiger partial charge is 0.274 e. The molecule has 0 aliphatic carbocycles. The number of hydrogen-bond acceptors (Lipinski definition) is 4. The zero-order valence-electron chi connectivity index (χ0n) is 9.88. The van der Waals surface area contributed by atoms with Gasteiger partial charge in [-0.25, -0.2) is 14.4 Å². The van der Waals surface area contributed by atoms with Crippen LogP contribution in [0.1, 0.15) is 10.5 Å². The maximum atomic E-state index is 13.6. The molecule has 0 aliphatic rings. The molecule has 1 aromatic carbocycles. The normalized spacial score (nSPS) is 10.4. The van der Waals surface area contributed by atoms with Crippen LogP contribution in [0.2, 0.25) is 0 Å². The molecule has 0 N–H and O–H groups in total. The Morgan fingerprint density at radius 1 is 1.44 bits per heavy atom. The zero-order valence-corrected chi connectivity index (χ0v) is 10.7. The molecule has 0 radical (unpaired) electrons. The van der Waals surface area contributed by atoms with Crippen molar-refractivity contribution in [1.82, 2.24) is 10.0 Å². The number of thiazole rings is 1. The molecule has 0 spiro atoms. The number of carbonyl (C=O) groups excluding carboxylic acids is 1. The SMILES string of the molecule is CON(C)C(=O)c1csc(-c2ccccc2F)n1. The van der Waals surface area contributed by atoms with E-state index in [4.69, 9.17) is 4.84 Å². The van der Waals surface area contributed by atoms with Gasteiger partial charge in [0.25, 0.3) is 5.91 Å². The highest BCUT2D eigenvalue weighted by Gasteiger charge is 2.17. The first kappa shape index (κ1) is 12.7. The second kappa shape index (κ2) is 5.24. The lowest BCUT2D eigenvalue weighted by Gasteiger charge is -2.11. The topological polar surface area (TPSA) is 42.4 Å². The van der Waals surface area contributed by atoms with Crippen molar-refractivity contribution in [2.24, 2.45) is 0 Å². The lowest BCUT2D eigenvalue weighted by molar-refractivity contribution is -0.0760. The molecule has 2 rings (SSSR count). The molecule has 0 saturated carbocycles. The summed E-state index contributed by atoms with van der Waals surface area (Å²) >= 11 is 1.22. The van der Waals surface area contributed by atoms with E-state index in [0.29, 0.717) is 10.6 Å². The van der Waals surface area contributed by atoms with Crippen molar-refractivity contribution in [1.29, 1.82) is 0 Å². The van der Waals surface area contributed by atoms with Gasteiger partial charge < -0.3 is 0 Å². The first-order valence-electron chi connectivity index (χ1n) is 5.16. The summed E-state index contributed by atoms with van der Waals surface area (Å²) in [7, 11) is 2.88. The predicted octanol–water partition coefficient (Wildman–Crippen LogP) is 2.58. The molecule has 6 heteroatoms. The van der Waals surface area contributed by atoms with Crippen LogP contribution in [0.3, 0.4) is 0 Å². The van der Waals surface area contributed by atoms with Crippen molar-refractivity contribution >= 4 is 17.2 Å². The van der Waals surface area contributed by atoms with Gasteiger partial charge in [0.2, 0.25) is 0 Å². The molecule has 4 nitrogen and oxygen atoms in total. The van der Waals surface area contributed by atoms with Crippen LogP contribution in [-0.4, -0.2) is 30.1 Å². The molecule has 1 heterocycles. The molecule has 18 heavy (non-hydrogen) atoms. The summed E-state index contributed by atoms with van der Waals surface area (Å²) < 4.78 is 13.6. The van der Waals surface area contributed by atoms with Crippen molar-refractivity contribution in [2.75, 3.05) is 14.2 Å². The molecular weight excluding hydrogens is 255 g/mol. The molecule has 0 unspecified atom stereocenters. The number of rotatable bonds is 3. The second-order valence-electron chi connectivity index (χ2n) is 3.50. The van der Waals surface area contributed by atoms with Crippen molar-refractivity contribution in [2.45, 2.75) is 0 Å². The monoisotopic (exact) mass is 266 g/mol. The molecule has 1 aromatic heterocycles. The average molecular weight is 266 g/mol. The molecule has 0 bridgehead atoms. The number of hydroxylamine groups is 2. The predicted molar refractivity (Wildman–Crippen MR) is 66.6 cm³/mol. The molecular formula is C12H11FN2O2S. The summed E-state index contributed by atoms with van der Waals surface area (Å²) in [4.78, 5) is 20.7. The Morgan fingerprint density at radius 2 is 2.17 bits per heavy atom. The summed E-state index contributed by atoms with van der Waals surface area (Å²) in [6, 6.07) is 6.32. The second-order valence-corrected chi connectivity index (χ2v) is 4.36. The van der Waals surface area contributed by atoms with E-state index in [1.54, 1.807) is 23.6 Å². The summed E-state index contributed by atoms with van der Waals surface area (Å²) in [5.41, 5.74) is 0.629. The maximum absolute atomic E-state index is 13.6. The number of hydrogen-bond donors (Lipinski definition) is 0. The number of nitrogens with zero attached hydrogens (tertiary/aromatic N) is 2. The van der Waals surface area contributed by atoms with E-state index in [-0.39, 0.29) is 17.4 Å². The van der Waals surface area contributed by atoms with E-state index in [1.165, 1.54) is 31.6 Å². The molecule has 94 valence electrons. The Kier molecular flexibility index (Phi) is 3.69. The van der Waals surface area contributed by atoms with E-state index in [9.17, 15) is 9.18 Å². The van der Waals surface area contributed by atoms with Crippen LogP contribution in [0.5, 0.6) is 0 Å². The Labute approximate surface area is 108 Å². The summed E-state index contributed by atoms with van der Waals surface area (Å²) in [5.74, 6) is -0.720. The Morgan fingerprint density at radius 3 is 2.83 bits per heavy atom. The zero-order chi connectivity index (χ0) is 13.1. The van der Waals surface area contributed by atoms with E-state index in [0.717, 1.165) is 5.06 Å². The summed E-state index contributed by atoms with van der Waals surface area (Å²) in [6.07, 6.45) is 0. The Bertz CT molecular complexity index is 571. The van der Waals surface area contributed by atoms with Crippen molar-refractivity contribution in [3.63, 3.8) is 0 Å². The van der Waals surface area contributed by atoms with Crippen LogP contribution in [0.4, 0.5) is 4.39 Å². The highest BCUT2D eigenvalue weighted by molar-refractivity contribution is 7.13. The highest BCUT2D eigenvalue weighted by Crippen LogP contribution is 2.26. The van der Waals surface area contributed by atoms with Gasteiger partial charge in [0, 0.05) is 18.0 Å². The molecule has 0 aliphatic heterocycles. The third kappa shape index (κ3) is 2.39. The third-order valence-electron chi connectivity index (χ3n) is 2.39. The molecule has 0 atom stereocenters. The Balaban J connectivity index is 2.32. The van der Waals surface area contributed by atoms with Gasteiger partial charge in [-0.15, -0.1) is 11.3 Å². The minimum atomic E-state index is -0.365. The fourth-order valence-corrected chi connectivity index (χ4v) is 2.19. The summed E-state index contributed by atoms with van der Waals surface area (Å²) in [5, 5.41) is 3.13. The van der Waals surface area contributed by atoms with Crippen LogP contribution in [0, 0.1) is 5.82 Å². The van der Waals surface area contributed by atoms with Gasteiger partial charge >= 0.3 is 0 Å². The van der Waals surface area contributed by atoms with Crippen LogP contribution >= 0.6 is 11.3 Å². The van der Waals surface area contributed by atoms with Gasteiger partial charge in [-0.05, 0) is 12.1 Å². The summed E-state index contributed by atoms with van der Waals surface area (Å²) in [6.45, 7) is 0. The number of aromatic nitrogens is 1. The van der Waals surface area contributed by atoms with Crippen molar-refractivity contribution in [3.8, 4) is 10.6 Å². The van der Waals surface area contributed by atoms with Crippen LogP contribution in [0.25, 0.3) is 10.6 Å². The quantitative estimate of drug-likeness (QED) is 0.802. The maximum Gasteiger partial charge on any atom is 0.296 e. The lowest BCUT2D eigenvalue weighted by atomic mass is 10.2. The molecule has 2 aromatic rings. The van der Waals surface area contributed by atoms with E-state index in [1.807, 2.05) is 0 Å². The minimum Gasteiger partial charge on any atom is -0.274 e. The molecule has 0 saturated heterocycles.